The number of carbonyl (C=O) groups is 2. The van der Waals surface area contributed by atoms with Crippen molar-refractivity contribution in [3.8, 4) is 0 Å². The van der Waals surface area contributed by atoms with Gasteiger partial charge in [-0.15, -0.1) is 0 Å². The number of rotatable bonds is 6. The molecule has 0 fully saturated rings. The van der Waals surface area contributed by atoms with Crippen molar-refractivity contribution in [3.05, 3.63) is 24.2 Å². The van der Waals surface area contributed by atoms with E-state index in [2.05, 4.69) is 0 Å². The Morgan fingerprint density at radius 2 is 2.29 bits per heavy atom. The minimum atomic E-state index is -0.959. The summed E-state index contributed by atoms with van der Waals surface area (Å²) < 4.78 is 9.94. The van der Waals surface area contributed by atoms with E-state index in [4.69, 9.17) is 14.3 Å². The van der Waals surface area contributed by atoms with Gasteiger partial charge in [-0.2, -0.15) is 0 Å². The van der Waals surface area contributed by atoms with Crippen molar-refractivity contribution in [2.75, 3.05) is 13.2 Å². The molecule has 0 aromatic carbocycles. The van der Waals surface area contributed by atoms with Gasteiger partial charge < -0.3 is 19.2 Å². The average molecular weight is 241 g/mol. The van der Waals surface area contributed by atoms with Crippen LogP contribution in [0.15, 0.2) is 22.8 Å². The monoisotopic (exact) mass is 241 g/mol. The molecule has 0 atom stereocenters. The van der Waals surface area contributed by atoms with Crippen LogP contribution in [0.3, 0.4) is 0 Å². The summed E-state index contributed by atoms with van der Waals surface area (Å²) in [5.41, 5.74) is 0. The highest BCUT2D eigenvalue weighted by molar-refractivity contribution is 5.70. The zero-order chi connectivity index (χ0) is 12.7. The highest BCUT2D eigenvalue weighted by Crippen LogP contribution is 2.07. The number of ether oxygens (including phenoxy) is 1. The Balaban J connectivity index is 2.58. The van der Waals surface area contributed by atoms with Gasteiger partial charge in [0, 0.05) is 6.54 Å². The van der Waals surface area contributed by atoms with E-state index in [0.29, 0.717) is 5.76 Å². The highest BCUT2D eigenvalue weighted by atomic mass is 16.6. The lowest BCUT2D eigenvalue weighted by molar-refractivity contribution is -0.137. The molecule has 6 heteroatoms. The highest BCUT2D eigenvalue weighted by Gasteiger charge is 2.17. The van der Waals surface area contributed by atoms with Crippen LogP contribution < -0.4 is 0 Å². The SMILES string of the molecule is CCOC(=O)N(CCC(=O)O)Cc1ccco1. The molecule has 1 aromatic rings. The number of amides is 1. The Morgan fingerprint density at radius 3 is 2.82 bits per heavy atom. The van der Waals surface area contributed by atoms with Gasteiger partial charge in [0.2, 0.25) is 0 Å². The largest absolute Gasteiger partial charge is 0.481 e. The van der Waals surface area contributed by atoms with Gasteiger partial charge in [0.25, 0.3) is 0 Å². The van der Waals surface area contributed by atoms with E-state index in [0.717, 1.165) is 0 Å². The molecule has 1 N–H and O–H groups in total. The fourth-order valence-electron chi connectivity index (χ4n) is 1.27. The Hall–Kier alpha value is -1.98. The van der Waals surface area contributed by atoms with E-state index >= 15 is 0 Å². The molecule has 0 radical (unpaired) electrons. The van der Waals surface area contributed by atoms with Crippen LogP contribution in [0.5, 0.6) is 0 Å². The van der Waals surface area contributed by atoms with Crippen molar-refractivity contribution in [1.29, 1.82) is 0 Å². The molecule has 0 spiro atoms. The van der Waals surface area contributed by atoms with Crippen LogP contribution in [-0.4, -0.2) is 35.2 Å². The molecule has 0 bridgehead atoms. The maximum atomic E-state index is 11.6. The maximum absolute atomic E-state index is 11.6. The fourth-order valence-corrected chi connectivity index (χ4v) is 1.27. The van der Waals surface area contributed by atoms with Crippen LogP contribution in [0.1, 0.15) is 19.1 Å². The molecule has 17 heavy (non-hydrogen) atoms. The van der Waals surface area contributed by atoms with Crippen molar-refractivity contribution < 1.29 is 23.8 Å². The average Bonchev–Trinajstić information content (AvgIpc) is 2.76. The summed E-state index contributed by atoms with van der Waals surface area (Å²) >= 11 is 0. The van der Waals surface area contributed by atoms with Crippen LogP contribution in [0.25, 0.3) is 0 Å². The van der Waals surface area contributed by atoms with E-state index in [-0.39, 0.29) is 26.1 Å². The summed E-state index contributed by atoms with van der Waals surface area (Å²) in [6.45, 7) is 2.24. The van der Waals surface area contributed by atoms with E-state index in [9.17, 15) is 9.59 Å². The lowest BCUT2D eigenvalue weighted by atomic mass is 10.3. The van der Waals surface area contributed by atoms with Gasteiger partial charge >= 0.3 is 12.1 Å². The van der Waals surface area contributed by atoms with Crippen molar-refractivity contribution in [1.82, 2.24) is 4.90 Å². The number of carboxylic acid groups (broad SMARTS) is 1. The molecule has 94 valence electrons. The van der Waals surface area contributed by atoms with Crippen molar-refractivity contribution >= 4 is 12.1 Å². The van der Waals surface area contributed by atoms with Gasteiger partial charge in [0.05, 0.1) is 25.8 Å². The summed E-state index contributed by atoms with van der Waals surface area (Å²) in [6, 6.07) is 3.42. The second kappa shape index (κ2) is 6.57. The third-order valence-corrected chi connectivity index (χ3v) is 2.05. The first-order chi connectivity index (χ1) is 8.13. The Labute approximate surface area is 98.8 Å². The minimum Gasteiger partial charge on any atom is -0.481 e. The first kappa shape index (κ1) is 13.1. The molecule has 0 unspecified atom stereocenters. The first-order valence-corrected chi connectivity index (χ1v) is 5.29. The van der Waals surface area contributed by atoms with Gasteiger partial charge in [0.1, 0.15) is 5.76 Å². The molecule has 1 heterocycles. The summed E-state index contributed by atoms with van der Waals surface area (Å²) in [4.78, 5) is 23.3. The Kier molecular flexibility index (Phi) is 5.06. The number of furan rings is 1. The molecular weight excluding hydrogens is 226 g/mol. The van der Waals surface area contributed by atoms with Gasteiger partial charge in [0.15, 0.2) is 0 Å². The lowest BCUT2D eigenvalue weighted by Gasteiger charge is -2.19. The summed E-state index contributed by atoms with van der Waals surface area (Å²) in [6.07, 6.45) is 0.834. The molecule has 1 aromatic heterocycles. The number of hydrogen-bond acceptors (Lipinski definition) is 4. The summed E-state index contributed by atoms with van der Waals surface area (Å²) in [5.74, 6) is -0.373. The predicted molar refractivity (Wildman–Crippen MR) is 58.4 cm³/mol. The second-order valence-electron chi connectivity index (χ2n) is 3.34. The Bertz CT molecular complexity index is 360. The number of aliphatic carboxylic acids is 1. The zero-order valence-electron chi connectivity index (χ0n) is 9.59. The standard InChI is InChI=1S/C11H15NO5/c1-2-16-11(15)12(6-5-10(13)14)8-9-4-3-7-17-9/h3-4,7H,2,5-6,8H2,1H3,(H,13,14). The first-order valence-electron chi connectivity index (χ1n) is 5.29. The van der Waals surface area contributed by atoms with Crippen LogP contribution in [0, 0.1) is 0 Å². The van der Waals surface area contributed by atoms with Crippen LogP contribution in [-0.2, 0) is 16.1 Å². The molecule has 1 rings (SSSR count). The third kappa shape index (κ3) is 4.58. The summed E-state index contributed by atoms with van der Waals surface area (Å²) in [7, 11) is 0. The number of carboxylic acids is 1. The van der Waals surface area contributed by atoms with Crippen molar-refractivity contribution in [3.63, 3.8) is 0 Å². The molecule has 0 aliphatic rings. The number of nitrogens with zero attached hydrogens (tertiary/aromatic N) is 1. The molecule has 0 saturated heterocycles. The van der Waals surface area contributed by atoms with E-state index in [1.165, 1.54) is 11.2 Å². The Morgan fingerprint density at radius 1 is 1.53 bits per heavy atom. The van der Waals surface area contributed by atoms with Crippen LogP contribution >= 0.6 is 0 Å². The molecule has 0 saturated carbocycles. The fraction of sp³-hybridized carbons (Fsp3) is 0.455. The van der Waals surface area contributed by atoms with Crippen molar-refractivity contribution in [2.24, 2.45) is 0 Å². The molecule has 6 nitrogen and oxygen atoms in total. The summed E-state index contributed by atoms with van der Waals surface area (Å²) in [5, 5.41) is 8.60. The van der Waals surface area contributed by atoms with Gasteiger partial charge in [-0.1, -0.05) is 0 Å². The van der Waals surface area contributed by atoms with E-state index in [1.807, 2.05) is 0 Å². The van der Waals surface area contributed by atoms with Gasteiger partial charge in [-0.3, -0.25) is 4.79 Å². The zero-order valence-corrected chi connectivity index (χ0v) is 9.59. The number of hydrogen-bond donors (Lipinski definition) is 1. The minimum absolute atomic E-state index is 0.0921. The molecule has 0 aliphatic heterocycles. The molecule has 0 aliphatic carbocycles. The van der Waals surface area contributed by atoms with Gasteiger partial charge in [-0.25, -0.2) is 4.79 Å². The normalized spacial score (nSPS) is 9.94. The maximum Gasteiger partial charge on any atom is 0.410 e. The number of carbonyl (C=O) groups excluding carboxylic acids is 1. The van der Waals surface area contributed by atoms with Crippen LogP contribution in [0.2, 0.25) is 0 Å². The topological polar surface area (TPSA) is 80.0 Å². The predicted octanol–water partition coefficient (Wildman–Crippen LogP) is 1.71. The second-order valence-corrected chi connectivity index (χ2v) is 3.34. The molecule has 1 amide bonds. The van der Waals surface area contributed by atoms with E-state index in [1.54, 1.807) is 19.1 Å². The van der Waals surface area contributed by atoms with Gasteiger partial charge in [-0.05, 0) is 19.1 Å². The van der Waals surface area contributed by atoms with E-state index < -0.39 is 12.1 Å². The quantitative estimate of drug-likeness (QED) is 0.820. The smallest absolute Gasteiger partial charge is 0.410 e. The third-order valence-electron chi connectivity index (χ3n) is 2.05. The van der Waals surface area contributed by atoms with Crippen LogP contribution in [0.4, 0.5) is 4.79 Å². The lowest BCUT2D eigenvalue weighted by Crippen LogP contribution is -2.33. The molecular formula is C11H15NO5. The van der Waals surface area contributed by atoms with Crippen molar-refractivity contribution in [2.45, 2.75) is 19.9 Å².